The van der Waals surface area contributed by atoms with Gasteiger partial charge in [-0.25, -0.2) is 4.79 Å². The Morgan fingerprint density at radius 2 is 2.20 bits per heavy atom. The molecular formula is C17H15N3O4S. The van der Waals surface area contributed by atoms with Gasteiger partial charge in [-0.1, -0.05) is 0 Å². The zero-order valence-electron chi connectivity index (χ0n) is 13.2. The Hall–Kier alpha value is -2.87. The summed E-state index contributed by atoms with van der Waals surface area (Å²) in [4.78, 5) is 31.2. The maximum Gasteiger partial charge on any atom is 0.404 e. The molecule has 1 aliphatic rings. The highest BCUT2D eigenvalue weighted by atomic mass is 32.1. The standard InChI is InChI=1S/C17H15N3O4S/c21-16-15-12-10(11(20-16)8-19-17(22)23)2-1-7-24-13(12)14(25-15)9-3-5-18-6-4-9/h3-6,19H,1-2,7-8H2,(H,20,21)(H,22,23). The van der Waals surface area contributed by atoms with Crippen molar-refractivity contribution in [3.63, 3.8) is 0 Å². The van der Waals surface area contributed by atoms with Gasteiger partial charge in [0.2, 0.25) is 0 Å². The molecule has 4 heterocycles. The Labute approximate surface area is 146 Å². The van der Waals surface area contributed by atoms with Crippen LogP contribution in [0.5, 0.6) is 5.75 Å². The maximum atomic E-state index is 12.6. The summed E-state index contributed by atoms with van der Waals surface area (Å²) >= 11 is 1.39. The number of carbonyl (C=O) groups is 1. The summed E-state index contributed by atoms with van der Waals surface area (Å²) in [6, 6.07) is 3.77. The van der Waals surface area contributed by atoms with Crippen molar-refractivity contribution in [3.8, 4) is 16.2 Å². The van der Waals surface area contributed by atoms with E-state index >= 15 is 0 Å². The van der Waals surface area contributed by atoms with E-state index in [2.05, 4.69) is 15.3 Å². The second-order valence-electron chi connectivity index (χ2n) is 5.72. The van der Waals surface area contributed by atoms with Gasteiger partial charge >= 0.3 is 6.09 Å². The summed E-state index contributed by atoms with van der Waals surface area (Å²) in [6.45, 7) is 0.619. The normalized spacial score (nSPS) is 13.3. The Kier molecular flexibility index (Phi) is 3.89. The molecule has 0 fully saturated rings. The number of hydrogen-bond acceptors (Lipinski definition) is 5. The fraction of sp³-hybridized carbons (Fsp3) is 0.235. The number of aromatic nitrogens is 2. The van der Waals surface area contributed by atoms with Crippen LogP contribution in [0.15, 0.2) is 29.3 Å². The van der Waals surface area contributed by atoms with Gasteiger partial charge < -0.3 is 20.1 Å². The predicted octanol–water partition coefficient (Wildman–Crippen LogP) is 2.74. The lowest BCUT2D eigenvalue weighted by Gasteiger charge is -2.09. The second-order valence-corrected chi connectivity index (χ2v) is 6.74. The number of thiophene rings is 1. The van der Waals surface area contributed by atoms with Gasteiger partial charge in [0.15, 0.2) is 0 Å². The van der Waals surface area contributed by atoms with Gasteiger partial charge in [-0.2, -0.15) is 0 Å². The zero-order chi connectivity index (χ0) is 17.4. The van der Waals surface area contributed by atoms with E-state index in [-0.39, 0.29) is 12.1 Å². The number of carboxylic acid groups (broad SMARTS) is 1. The van der Waals surface area contributed by atoms with Crippen molar-refractivity contribution in [2.75, 3.05) is 6.61 Å². The first-order valence-corrected chi connectivity index (χ1v) is 8.67. The van der Waals surface area contributed by atoms with Crippen molar-refractivity contribution in [3.05, 3.63) is 46.1 Å². The highest BCUT2D eigenvalue weighted by Crippen LogP contribution is 2.46. The third-order valence-electron chi connectivity index (χ3n) is 4.18. The van der Waals surface area contributed by atoms with Gasteiger partial charge in [0.25, 0.3) is 5.56 Å². The smallest absolute Gasteiger partial charge is 0.404 e. The summed E-state index contributed by atoms with van der Waals surface area (Å²) in [5.74, 6) is 0.710. The molecule has 4 rings (SSSR count). The third kappa shape index (κ3) is 2.74. The topological polar surface area (TPSA) is 104 Å². The van der Waals surface area contributed by atoms with Crippen LogP contribution in [0, 0.1) is 0 Å². The van der Waals surface area contributed by atoms with Gasteiger partial charge in [0, 0.05) is 23.5 Å². The lowest BCUT2D eigenvalue weighted by molar-refractivity contribution is 0.193. The highest BCUT2D eigenvalue weighted by Gasteiger charge is 2.24. The fourth-order valence-electron chi connectivity index (χ4n) is 3.12. The van der Waals surface area contributed by atoms with Crippen LogP contribution in [-0.2, 0) is 13.0 Å². The minimum absolute atomic E-state index is 0.0652. The number of aryl methyl sites for hydroxylation is 1. The molecule has 0 aromatic carbocycles. The summed E-state index contributed by atoms with van der Waals surface area (Å²) in [5.41, 5.74) is 2.28. The number of ether oxygens (including phenoxy) is 1. The number of H-pyrrole nitrogens is 1. The molecule has 25 heavy (non-hydrogen) atoms. The predicted molar refractivity (Wildman–Crippen MR) is 94.4 cm³/mol. The maximum absolute atomic E-state index is 12.6. The van der Waals surface area contributed by atoms with E-state index in [1.165, 1.54) is 11.3 Å². The molecule has 0 saturated heterocycles. The van der Waals surface area contributed by atoms with Gasteiger partial charge in [-0.05, 0) is 36.1 Å². The second kappa shape index (κ2) is 6.21. The van der Waals surface area contributed by atoms with Crippen LogP contribution in [0.1, 0.15) is 17.7 Å². The summed E-state index contributed by atoms with van der Waals surface area (Å²) < 4.78 is 6.59. The van der Waals surface area contributed by atoms with Crippen molar-refractivity contribution < 1.29 is 14.6 Å². The first-order chi connectivity index (χ1) is 12.1. The van der Waals surface area contributed by atoms with Crippen molar-refractivity contribution in [1.82, 2.24) is 15.3 Å². The number of nitrogens with one attached hydrogen (secondary N) is 2. The van der Waals surface area contributed by atoms with E-state index < -0.39 is 6.09 Å². The largest absolute Gasteiger partial charge is 0.491 e. The van der Waals surface area contributed by atoms with E-state index in [0.717, 1.165) is 34.2 Å². The minimum atomic E-state index is -1.12. The number of amides is 1. The fourth-order valence-corrected chi connectivity index (χ4v) is 4.29. The van der Waals surface area contributed by atoms with Crippen LogP contribution in [0.4, 0.5) is 4.79 Å². The monoisotopic (exact) mass is 357 g/mol. The molecule has 128 valence electrons. The van der Waals surface area contributed by atoms with E-state index in [4.69, 9.17) is 9.84 Å². The van der Waals surface area contributed by atoms with E-state index in [1.54, 1.807) is 12.4 Å². The molecule has 1 aliphatic heterocycles. The molecule has 7 nitrogen and oxygen atoms in total. The quantitative estimate of drug-likeness (QED) is 0.668. The summed E-state index contributed by atoms with van der Waals surface area (Å²) in [7, 11) is 0. The Balaban J connectivity index is 1.97. The molecule has 3 N–H and O–H groups in total. The SMILES string of the molecule is O=C(O)NCc1[nH]c(=O)c2sc(-c3ccncc3)c3c2c1CCCO3. The van der Waals surface area contributed by atoms with E-state index in [0.29, 0.717) is 22.8 Å². The highest BCUT2D eigenvalue weighted by molar-refractivity contribution is 7.22. The Morgan fingerprint density at radius 3 is 2.96 bits per heavy atom. The van der Waals surface area contributed by atoms with Crippen molar-refractivity contribution in [2.45, 2.75) is 19.4 Å². The van der Waals surface area contributed by atoms with Crippen LogP contribution in [0.2, 0.25) is 0 Å². The van der Waals surface area contributed by atoms with Crippen LogP contribution in [-0.4, -0.2) is 27.8 Å². The number of rotatable bonds is 3. The third-order valence-corrected chi connectivity index (χ3v) is 5.40. The molecule has 0 spiro atoms. The lowest BCUT2D eigenvalue weighted by atomic mass is 10.0. The van der Waals surface area contributed by atoms with Crippen molar-refractivity contribution in [2.24, 2.45) is 0 Å². The van der Waals surface area contributed by atoms with Crippen LogP contribution in [0.25, 0.3) is 20.5 Å². The average molecular weight is 357 g/mol. The lowest BCUT2D eigenvalue weighted by Crippen LogP contribution is -2.23. The molecular weight excluding hydrogens is 342 g/mol. The zero-order valence-corrected chi connectivity index (χ0v) is 14.0. The molecule has 3 aromatic heterocycles. The molecule has 0 bridgehead atoms. The molecule has 0 radical (unpaired) electrons. The number of pyridine rings is 2. The van der Waals surface area contributed by atoms with Crippen molar-refractivity contribution in [1.29, 1.82) is 0 Å². The first kappa shape index (κ1) is 15.6. The molecule has 0 unspecified atom stereocenters. The van der Waals surface area contributed by atoms with Crippen molar-refractivity contribution >= 4 is 27.5 Å². The average Bonchev–Trinajstić information content (AvgIpc) is 2.86. The number of aromatic amines is 1. The van der Waals surface area contributed by atoms with Crippen LogP contribution < -0.4 is 15.6 Å². The van der Waals surface area contributed by atoms with Crippen LogP contribution in [0.3, 0.4) is 0 Å². The first-order valence-electron chi connectivity index (χ1n) is 7.85. The van der Waals surface area contributed by atoms with E-state index in [1.807, 2.05) is 12.1 Å². The van der Waals surface area contributed by atoms with Gasteiger partial charge in [0.1, 0.15) is 10.4 Å². The van der Waals surface area contributed by atoms with Gasteiger partial charge in [0.05, 0.1) is 18.0 Å². The molecule has 0 aliphatic carbocycles. The molecule has 0 saturated carbocycles. The minimum Gasteiger partial charge on any atom is -0.491 e. The van der Waals surface area contributed by atoms with Crippen LogP contribution >= 0.6 is 11.3 Å². The molecule has 1 amide bonds. The molecule has 8 heteroatoms. The van der Waals surface area contributed by atoms with E-state index in [9.17, 15) is 9.59 Å². The summed E-state index contributed by atoms with van der Waals surface area (Å²) in [6.07, 6.45) is 3.81. The summed E-state index contributed by atoms with van der Waals surface area (Å²) in [5, 5.41) is 12.0. The Bertz CT molecular complexity index is 1010. The molecule has 0 atom stereocenters. The number of nitrogens with zero attached hydrogens (tertiary/aromatic N) is 1. The molecule has 3 aromatic rings. The van der Waals surface area contributed by atoms with Gasteiger partial charge in [-0.3, -0.25) is 9.78 Å². The van der Waals surface area contributed by atoms with Gasteiger partial charge in [-0.15, -0.1) is 11.3 Å². The number of hydrogen-bond donors (Lipinski definition) is 3. The Morgan fingerprint density at radius 1 is 1.40 bits per heavy atom.